The summed E-state index contributed by atoms with van der Waals surface area (Å²) in [7, 11) is 2.66. The van der Waals surface area contributed by atoms with Gasteiger partial charge in [-0.05, 0) is 6.42 Å². The van der Waals surface area contributed by atoms with Gasteiger partial charge in [0, 0.05) is 19.6 Å². The number of hydrogen-bond acceptors (Lipinski definition) is 7. The molecule has 0 heterocycles. The summed E-state index contributed by atoms with van der Waals surface area (Å²) in [6.45, 7) is 3.60. The van der Waals surface area contributed by atoms with Crippen molar-refractivity contribution in [3.8, 4) is 0 Å². The van der Waals surface area contributed by atoms with E-state index in [-0.39, 0.29) is 36.4 Å². The minimum Gasteiger partial charge on any atom is -0.469 e. The maximum Gasteiger partial charge on any atom is 0.307 e. The number of thiocarbonyl (C=S) groups is 1. The molecule has 0 saturated carbocycles. The molecule has 210 valence electrons. The Hall–Kier alpha value is -1.35. The predicted octanol–water partition coefficient (Wildman–Crippen LogP) is 6.03. The first-order valence-corrected chi connectivity index (χ1v) is 15.2. The number of ether oxygens (including phenoxy) is 2. The van der Waals surface area contributed by atoms with Gasteiger partial charge in [0.2, 0.25) is 5.91 Å². The molecule has 0 atom stereocenters. The van der Waals surface area contributed by atoms with Gasteiger partial charge in [-0.25, -0.2) is 0 Å². The SMILES string of the molecule is CCCCCCCCCCCCCCCCNC(=O)CSC(=S)N(CCC(=O)OC)CCC(=O)OC. The van der Waals surface area contributed by atoms with Gasteiger partial charge in [-0.3, -0.25) is 14.4 Å². The first kappa shape index (κ1) is 34.6. The second-order valence-electron chi connectivity index (χ2n) is 9.14. The summed E-state index contributed by atoms with van der Waals surface area (Å²) in [6, 6.07) is 0. The van der Waals surface area contributed by atoms with Crippen molar-refractivity contribution in [2.24, 2.45) is 0 Å². The Bertz CT molecular complexity index is 585. The van der Waals surface area contributed by atoms with Gasteiger partial charge < -0.3 is 19.7 Å². The molecule has 0 aromatic rings. The second-order valence-corrected chi connectivity index (χ2v) is 10.7. The third kappa shape index (κ3) is 21.9. The van der Waals surface area contributed by atoms with E-state index in [2.05, 4.69) is 21.7 Å². The molecule has 0 radical (unpaired) electrons. The zero-order valence-electron chi connectivity index (χ0n) is 22.9. The molecule has 0 aromatic heterocycles. The zero-order valence-corrected chi connectivity index (χ0v) is 24.6. The zero-order chi connectivity index (χ0) is 26.9. The maximum atomic E-state index is 12.2. The Labute approximate surface area is 229 Å². The van der Waals surface area contributed by atoms with E-state index in [4.69, 9.17) is 12.2 Å². The van der Waals surface area contributed by atoms with Gasteiger partial charge in [-0.2, -0.15) is 0 Å². The van der Waals surface area contributed by atoms with E-state index >= 15 is 0 Å². The van der Waals surface area contributed by atoms with Crippen LogP contribution in [-0.2, 0) is 23.9 Å². The summed E-state index contributed by atoms with van der Waals surface area (Å²) in [5.74, 6) is -0.545. The van der Waals surface area contributed by atoms with E-state index < -0.39 is 0 Å². The summed E-state index contributed by atoms with van der Waals surface area (Å²) >= 11 is 6.66. The summed E-state index contributed by atoms with van der Waals surface area (Å²) in [6.07, 6.45) is 18.7. The molecule has 0 unspecified atom stereocenters. The molecule has 36 heavy (non-hydrogen) atoms. The lowest BCUT2D eigenvalue weighted by molar-refractivity contribution is -0.140. The number of methoxy groups -OCH3 is 2. The average molecular weight is 547 g/mol. The lowest BCUT2D eigenvalue weighted by atomic mass is 10.0. The van der Waals surface area contributed by atoms with E-state index in [0.717, 1.165) is 12.8 Å². The summed E-state index contributed by atoms with van der Waals surface area (Å²) in [4.78, 5) is 36.8. The Morgan fingerprint density at radius 1 is 0.722 bits per heavy atom. The standard InChI is InChI=1S/C27H50N2O5S2/c1-4-5-6-7-8-9-10-11-12-13-14-15-16-17-20-28-24(30)23-36-27(35)29(21-18-25(31)33-2)22-19-26(32)34-3/h4-23H2,1-3H3,(H,28,30). The molecule has 9 heteroatoms. The fraction of sp³-hybridized carbons (Fsp3) is 0.852. The summed E-state index contributed by atoms with van der Waals surface area (Å²) < 4.78 is 9.83. The quantitative estimate of drug-likeness (QED) is 0.0945. The highest BCUT2D eigenvalue weighted by molar-refractivity contribution is 8.23. The van der Waals surface area contributed by atoms with E-state index in [1.807, 2.05) is 0 Å². The normalized spacial score (nSPS) is 10.6. The number of nitrogens with one attached hydrogen (secondary N) is 1. The molecule has 1 N–H and O–H groups in total. The molecule has 0 aliphatic carbocycles. The number of unbranched alkanes of at least 4 members (excludes halogenated alkanes) is 13. The van der Waals surface area contributed by atoms with Crippen LogP contribution < -0.4 is 5.32 Å². The van der Waals surface area contributed by atoms with Crippen LogP contribution in [0.25, 0.3) is 0 Å². The average Bonchev–Trinajstić information content (AvgIpc) is 2.88. The van der Waals surface area contributed by atoms with Crippen molar-refractivity contribution in [3.05, 3.63) is 0 Å². The highest BCUT2D eigenvalue weighted by Gasteiger charge is 2.16. The van der Waals surface area contributed by atoms with Crippen LogP contribution in [0.2, 0.25) is 0 Å². The van der Waals surface area contributed by atoms with Crippen molar-refractivity contribution >= 4 is 46.1 Å². The van der Waals surface area contributed by atoms with Gasteiger partial charge in [0.15, 0.2) is 0 Å². The van der Waals surface area contributed by atoms with Crippen LogP contribution in [-0.4, -0.2) is 66.7 Å². The van der Waals surface area contributed by atoms with Gasteiger partial charge in [0.05, 0.1) is 32.8 Å². The molecular formula is C27H50N2O5S2. The molecule has 0 aromatic carbocycles. The smallest absolute Gasteiger partial charge is 0.307 e. The molecule has 7 nitrogen and oxygen atoms in total. The Morgan fingerprint density at radius 2 is 1.14 bits per heavy atom. The van der Waals surface area contributed by atoms with Crippen LogP contribution in [0.1, 0.15) is 110 Å². The maximum absolute atomic E-state index is 12.2. The van der Waals surface area contributed by atoms with Gasteiger partial charge in [-0.15, -0.1) is 0 Å². The topological polar surface area (TPSA) is 84.9 Å². The lowest BCUT2D eigenvalue weighted by Gasteiger charge is -2.23. The van der Waals surface area contributed by atoms with Crippen molar-refractivity contribution in [1.82, 2.24) is 10.2 Å². The third-order valence-corrected chi connectivity index (χ3v) is 7.59. The number of nitrogens with zero attached hydrogens (tertiary/aromatic N) is 1. The van der Waals surface area contributed by atoms with E-state index in [9.17, 15) is 14.4 Å². The number of hydrogen-bond donors (Lipinski definition) is 1. The predicted molar refractivity (Wildman–Crippen MR) is 153 cm³/mol. The molecule has 1 amide bonds. The number of carbonyl (C=O) groups is 3. The molecule has 0 rings (SSSR count). The van der Waals surface area contributed by atoms with Crippen molar-refractivity contribution in [2.75, 3.05) is 39.6 Å². The van der Waals surface area contributed by atoms with Crippen LogP contribution in [0, 0.1) is 0 Å². The lowest BCUT2D eigenvalue weighted by Crippen LogP contribution is -2.34. The third-order valence-electron chi connectivity index (χ3n) is 6.06. The van der Waals surface area contributed by atoms with Crippen LogP contribution in [0.15, 0.2) is 0 Å². The largest absolute Gasteiger partial charge is 0.469 e. The van der Waals surface area contributed by atoms with Crippen LogP contribution in [0.3, 0.4) is 0 Å². The van der Waals surface area contributed by atoms with E-state index in [1.54, 1.807) is 4.90 Å². The molecular weight excluding hydrogens is 496 g/mol. The Morgan fingerprint density at radius 3 is 1.56 bits per heavy atom. The number of thioether (sulfide) groups is 1. The van der Waals surface area contributed by atoms with Crippen molar-refractivity contribution in [2.45, 2.75) is 110 Å². The van der Waals surface area contributed by atoms with Crippen molar-refractivity contribution < 1.29 is 23.9 Å². The highest BCUT2D eigenvalue weighted by Crippen LogP contribution is 2.13. The van der Waals surface area contributed by atoms with Crippen LogP contribution in [0.4, 0.5) is 0 Å². The monoisotopic (exact) mass is 546 g/mol. The van der Waals surface area contributed by atoms with Crippen molar-refractivity contribution in [1.29, 1.82) is 0 Å². The number of amides is 1. The van der Waals surface area contributed by atoms with Crippen LogP contribution in [0.5, 0.6) is 0 Å². The summed E-state index contributed by atoms with van der Waals surface area (Å²) in [5.41, 5.74) is 0. The molecule has 0 fully saturated rings. The highest BCUT2D eigenvalue weighted by atomic mass is 32.2. The Kier molecular flexibility index (Phi) is 24.4. The van der Waals surface area contributed by atoms with E-state index in [1.165, 1.54) is 103 Å². The molecule has 0 spiro atoms. The number of rotatable bonds is 23. The fourth-order valence-corrected chi connectivity index (χ4v) is 4.85. The van der Waals surface area contributed by atoms with Gasteiger partial charge in [-0.1, -0.05) is 114 Å². The van der Waals surface area contributed by atoms with Crippen molar-refractivity contribution in [3.63, 3.8) is 0 Å². The molecule has 0 aliphatic rings. The first-order valence-electron chi connectivity index (χ1n) is 13.8. The number of carbonyl (C=O) groups excluding carboxylic acids is 3. The second kappa shape index (κ2) is 25.3. The molecule has 0 bridgehead atoms. The minimum atomic E-state index is -0.350. The molecule has 0 aliphatic heterocycles. The number of esters is 2. The van der Waals surface area contributed by atoms with E-state index in [0.29, 0.717) is 24.0 Å². The fourth-order valence-electron chi connectivity index (χ4n) is 3.77. The van der Waals surface area contributed by atoms with Crippen LogP contribution >= 0.6 is 24.0 Å². The summed E-state index contributed by atoms with van der Waals surface area (Å²) in [5, 5.41) is 2.95. The Balaban J connectivity index is 3.81. The molecule has 0 saturated heterocycles. The van der Waals surface area contributed by atoms with Gasteiger partial charge in [0.1, 0.15) is 4.32 Å². The first-order chi connectivity index (χ1) is 17.4. The van der Waals surface area contributed by atoms with Gasteiger partial charge in [0.25, 0.3) is 0 Å². The minimum absolute atomic E-state index is 0.0575. The van der Waals surface area contributed by atoms with Gasteiger partial charge >= 0.3 is 11.9 Å².